The van der Waals surface area contributed by atoms with E-state index in [0.717, 1.165) is 49.7 Å². The van der Waals surface area contributed by atoms with Crippen LogP contribution < -0.4 is 5.32 Å². The molecule has 0 unspecified atom stereocenters. The molecule has 1 aliphatic rings. The third-order valence-corrected chi connectivity index (χ3v) is 4.36. The summed E-state index contributed by atoms with van der Waals surface area (Å²) < 4.78 is 5.95. The summed E-state index contributed by atoms with van der Waals surface area (Å²) in [5.74, 6) is 2.16. The van der Waals surface area contributed by atoms with Crippen molar-refractivity contribution in [3.8, 4) is 17.4 Å². The Balaban J connectivity index is 1.61. The van der Waals surface area contributed by atoms with Gasteiger partial charge in [-0.2, -0.15) is 5.26 Å². The Labute approximate surface area is 141 Å². The molecular formula is C19H21N3O2. The van der Waals surface area contributed by atoms with Crippen molar-refractivity contribution in [1.29, 1.82) is 5.26 Å². The van der Waals surface area contributed by atoms with Crippen LogP contribution in [0.4, 0.5) is 0 Å². The van der Waals surface area contributed by atoms with Gasteiger partial charge in [0.05, 0.1) is 18.2 Å². The molecule has 1 aromatic heterocycles. The standard InChI is InChI=1S/C19H21N3O2/c1-14(23)21-11-15-8-9-22(12-15)13-17-6-7-19(24-17)18-5-3-2-4-16(18)10-20/h2-7,15H,8-9,11-13H2,1H3,(H,21,23)/t15-/m1/s1. The van der Waals surface area contributed by atoms with Gasteiger partial charge in [0.1, 0.15) is 11.5 Å². The van der Waals surface area contributed by atoms with Crippen LogP contribution >= 0.6 is 0 Å². The Morgan fingerprint density at radius 1 is 1.38 bits per heavy atom. The van der Waals surface area contributed by atoms with Gasteiger partial charge in [-0.1, -0.05) is 12.1 Å². The molecule has 5 heteroatoms. The van der Waals surface area contributed by atoms with E-state index in [9.17, 15) is 10.1 Å². The van der Waals surface area contributed by atoms with Crippen molar-refractivity contribution in [2.24, 2.45) is 5.92 Å². The van der Waals surface area contributed by atoms with Gasteiger partial charge in [0.2, 0.25) is 5.91 Å². The highest BCUT2D eigenvalue weighted by Crippen LogP contribution is 2.27. The second-order valence-corrected chi connectivity index (χ2v) is 6.25. The molecule has 124 valence electrons. The number of hydrogen-bond acceptors (Lipinski definition) is 4. The largest absolute Gasteiger partial charge is 0.460 e. The molecule has 2 heterocycles. The van der Waals surface area contributed by atoms with Gasteiger partial charge in [0, 0.05) is 25.6 Å². The average Bonchev–Trinajstić information content (AvgIpc) is 3.23. The van der Waals surface area contributed by atoms with E-state index in [0.29, 0.717) is 11.5 Å². The van der Waals surface area contributed by atoms with E-state index in [4.69, 9.17) is 4.42 Å². The fraction of sp³-hybridized carbons (Fsp3) is 0.368. The highest BCUT2D eigenvalue weighted by atomic mass is 16.3. The average molecular weight is 323 g/mol. The predicted molar refractivity (Wildman–Crippen MR) is 90.9 cm³/mol. The molecule has 3 rings (SSSR count). The summed E-state index contributed by atoms with van der Waals surface area (Å²) in [6, 6.07) is 13.6. The molecule has 0 saturated carbocycles. The number of hydrogen-bond donors (Lipinski definition) is 1. The van der Waals surface area contributed by atoms with Gasteiger partial charge in [0.15, 0.2) is 0 Å². The lowest BCUT2D eigenvalue weighted by molar-refractivity contribution is -0.119. The number of furan rings is 1. The summed E-state index contributed by atoms with van der Waals surface area (Å²) in [6.45, 7) is 5.02. The fourth-order valence-electron chi connectivity index (χ4n) is 3.13. The first-order chi connectivity index (χ1) is 11.7. The minimum absolute atomic E-state index is 0.0280. The molecule has 1 saturated heterocycles. The summed E-state index contributed by atoms with van der Waals surface area (Å²) in [7, 11) is 0. The molecule has 1 aliphatic heterocycles. The molecule has 1 N–H and O–H groups in total. The van der Waals surface area contributed by atoms with Gasteiger partial charge < -0.3 is 9.73 Å². The van der Waals surface area contributed by atoms with Crippen LogP contribution in [0.2, 0.25) is 0 Å². The van der Waals surface area contributed by atoms with E-state index >= 15 is 0 Å². The van der Waals surface area contributed by atoms with Crippen LogP contribution in [0.1, 0.15) is 24.7 Å². The molecule has 0 spiro atoms. The Kier molecular flexibility index (Phi) is 4.97. The van der Waals surface area contributed by atoms with Crippen molar-refractivity contribution in [2.45, 2.75) is 19.9 Å². The Morgan fingerprint density at radius 3 is 3.00 bits per heavy atom. The van der Waals surface area contributed by atoms with E-state index in [1.54, 1.807) is 13.0 Å². The minimum Gasteiger partial charge on any atom is -0.460 e. The first-order valence-electron chi connectivity index (χ1n) is 8.20. The topological polar surface area (TPSA) is 69.3 Å². The number of nitriles is 1. The number of benzene rings is 1. The first-order valence-corrected chi connectivity index (χ1v) is 8.20. The normalized spacial score (nSPS) is 17.6. The summed E-state index contributed by atoms with van der Waals surface area (Å²) in [5, 5.41) is 12.1. The molecule has 0 aliphatic carbocycles. The molecular weight excluding hydrogens is 302 g/mol. The fourth-order valence-corrected chi connectivity index (χ4v) is 3.13. The van der Waals surface area contributed by atoms with Gasteiger partial charge in [-0.3, -0.25) is 9.69 Å². The van der Waals surface area contributed by atoms with E-state index in [-0.39, 0.29) is 5.91 Å². The number of rotatable bonds is 5. The molecule has 24 heavy (non-hydrogen) atoms. The van der Waals surface area contributed by atoms with Crippen molar-refractivity contribution >= 4 is 5.91 Å². The maximum Gasteiger partial charge on any atom is 0.216 e. The van der Waals surface area contributed by atoms with Crippen LogP contribution in [-0.2, 0) is 11.3 Å². The van der Waals surface area contributed by atoms with E-state index in [2.05, 4.69) is 16.3 Å². The van der Waals surface area contributed by atoms with E-state index in [1.807, 2.05) is 30.3 Å². The first kappa shape index (κ1) is 16.3. The molecule has 0 bridgehead atoms. The monoisotopic (exact) mass is 323 g/mol. The van der Waals surface area contributed by atoms with Crippen LogP contribution in [0, 0.1) is 17.2 Å². The summed E-state index contributed by atoms with van der Waals surface area (Å²) in [4.78, 5) is 13.3. The van der Waals surface area contributed by atoms with Crippen LogP contribution in [-0.4, -0.2) is 30.4 Å². The van der Waals surface area contributed by atoms with Crippen molar-refractivity contribution in [3.63, 3.8) is 0 Å². The molecule has 0 radical (unpaired) electrons. The van der Waals surface area contributed by atoms with Gasteiger partial charge >= 0.3 is 0 Å². The summed E-state index contributed by atoms with van der Waals surface area (Å²) in [6.07, 6.45) is 1.09. The van der Waals surface area contributed by atoms with Crippen molar-refractivity contribution in [3.05, 3.63) is 47.7 Å². The Bertz CT molecular complexity index is 760. The lowest BCUT2D eigenvalue weighted by atomic mass is 10.1. The van der Waals surface area contributed by atoms with Crippen molar-refractivity contribution in [2.75, 3.05) is 19.6 Å². The lowest BCUT2D eigenvalue weighted by Gasteiger charge is -2.14. The second-order valence-electron chi connectivity index (χ2n) is 6.25. The second kappa shape index (κ2) is 7.33. The number of nitrogens with zero attached hydrogens (tertiary/aromatic N) is 2. The van der Waals surface area contributed by atoms with Gasteiger partial charge in [-0.05, 0) is 43.1 Å². The van der Waals surface area contributed by atoms with Crippen LogP contribution in [0.3, 0.4) is 0 Å². The minimum atomic E-state index is 0.0280. The summed E-state index contributed by atoms with van der Waals surface area (Å²) >= 11 is 0. The number of carbonyl (C=O) groups excluding carboxylic acids is 1. The zero-order valence-corrected chi connectivity index (χ0v) is 13.8. The molecule has 2 aromatic rings. The smallest absolute Gasteiger partial charge is 0.216 e. The number of nitrogens with one attached hydrogen (secondary N) is 1. The maximum absolute atomic E-state index is 11.0. The van der Waals surface area contributed by atoms with Crippen LogP contribution in [0.25, 0.3) is 11.3 Å². The van der Waals surface area contributed by atoms with Gasteiger partial charge in [-0.25, -0.2) is 0 Å². The highest BCUT2D eigenvalue weighted by molar-refractivity contribution is 5.72. The molecule has 5 nitrogen and oxygen atoms in total. The SMILES string of the molecule is CC(=O)NC[C@H]1CCN(Cc2ccc(-c3ccccc3C#N)o2)C1. The number of amides is 1. The van der Waals surface area contributed by atoms with E-state index in [1.165, 1.54) is 0 Å². The van der Waals surface area contributed by atoms with Crippen molar-refractivity contribution in [1.82, 2.24) is 10.2 Å². The number of likely N-dealkylation sites (tertiary alicyclic amines) is 1. The molecule has 1 amide bonds. The van der Waals surface area contributed by atoms with Crippen molar-refractivity contribution < 1.29 is 9.21 Å². The Hall–Kier alpha value is -2.58. The zero-order chi connectivity index (χ0) is 16.9. The molecule has 1 aromatic carbocycles. The summed E-state index contributed by atoms with van der Waals surface area (Å²) in [5.41, 5.74) is 1.45. The third kappa shape index (κ3) is 3.84. The quantitative estimate of drug-likeness (QED) is 0.918. The molecule has 1 atom stereocenters. The third-order valence-electron chi connectivity index (χ3n) is 4.36. The van der Waals surface area contributed by atoms with Crippen LogP contribution in [0.5, 0.6) is 0 Å². The molecule has 1 fully saturated rings. The van der Waals surface area contributed by atoms with Crippen LogP contribution in [0.15, 0.2) is 40.8 Å². The maximum atomic E-state index is 11.0. The number of carbonyl (C=O) groups is 1. The van der Waals surface area contributed by atoms with E-state index < -0.39 is 0 Å². The predicted octanol–water partition coefficient (Wildman–Crippen LogP) is 2.78. The Morgan fingerprint density at radius 2 is 2.21 bits per heavy atom. The van der Waals surface area contributed by atoms with Gasteiger partial charge in [0.25, 0.3) is 0 Å². The zero-order valence-electron chi connectivity index (χ0n) is 13.8. The highest BCUT2D eigenvalue weighted by Gasteiger charge is 2.23. The lowest BCUT2D eigenvalue weighted by Crippen LogP contribution is -2.29. The van der Waals surface area contributed by atoms with Gasteiger partial charge in [-0.15, -0.1) is 0 Å².